The number of aryl methyl sites for hydroxylation is 1. The van der Waals surface area contributed by atoms with Crippen LogP contribution in [-0.4, -0.2) is 11.0 Å². The normalized spacial score (nSPS) is 10.7. The van der Waals surface area contributed by atoms with Crippen LogP contribution in [0, 0.1) is 6.92 Å². The molecule has 128 valence electrons. The lowest BCUT2D eigenvalue weighted by Gasteiger charge is -2.05. The molecule has 25 heavy (non-hydrogen) atoms. The van der Waals surface area contributed by atoms with Crippen molar-refractivity contribution >= 4 is 51.3 Å². The van der Waals surface area contributed by atoms with Gasteiger partial charge in [0, 0.05) is 27.9 Å². The van der Waals surface area contributed by atoms with Crippen LogP contribution in [0.3, 0.4) is 0 Å². The summed E-state index contributed by atoms with van der Waals surface area (Å²) in [4.78, 5) is 16.2. The van der Waals surface area contributed by atoms with Crippen molar-refractivity contribution in [1.82, 2.24) is 4.98 Å². The van der Waals surface area contributed by atoms with Gasteiger partial charge in [-0.2, -0.15) is 0 Å². The third kappa shape index (κ3) is 4.31. The Kier molecular flexibility index (Phi) is 5.27. The third-order valence-corrected chi connectivity index (χ3v) is 5.02. The largest absolute Gasteiger partial charge is 0.550 e. The zero-order valence-corrected chi connectivity index (χ0v) is 15.5. The molecule has 0 atom stereocenters. The highest BCUT2D eigenvalue weighted by atomic mass is 35.5. The molecule has 1 N–H and O–H groups in total. The number of nitrogens with zero attached hydrogens (tertiary/aromatic N) is 1. The molecule has 2 aromatic carbocycles. The maximum absolute atomic E-state index is 11.1. The standard InChI is InChI=1S/C18H14Cl2N2O2S/c1-10-2-4-11(5-3-10)17-15(9-16(23)24)25-18(22-17)21-14-7-6-12(19)8-13(14)20/h2-8H,9H2,1H3,(H,21,22)(H,23,24)/p-1. The first-order valence-corrected chi connectivity index (χ1v) is 8.98. The number of aliphatic carboxylic acids is 1. The van der Waals surface area contributed by atoms with Crippen molar-refractivity contribution < 1.29 is 9.90 Å². The molecule has 0 aliphatic carbocycles. The number of carboxylic acids is 1. The Bertz CT molecular complexity index is 923. The van der Waals surface area contributed by atoms with Crippen molar-refractivity contribution in [2.75, 3.05) is 5.32 Å². The summed E-state index contributed by atoms with van der Waals surface area (Å²) in [6.45, 7) is 1.99. The fourth-order valence-corrected chi connectivity index (χ4v) is 3.74. The maximum Gasteiger partial charge on any atom is 0.188 e. The van der Waals surface area contributed by atoms with Gasteiger partial charge in [0.05, 0.1) is 16.4 Å². The molecular formula is C18H13Cl2N2O2S-. The summed E-state index contributed by atoms with van der Waals surface area (Å²) in [5.74, 6) is -1.15. The molecule has 1 aromatic heterocycles. The van der Waals surface area contributed by atoms with E-state index in [9.17, 15) is 9.90 Å². The molecular weight excluding hydrogens is 379 g/mol. The molecule has 0 fully saturated rings. The number of aromatic nitrogens is 1. The van der Waals surface area contributed by atoms with E-state index in [2.05, 4.69) is 10.3 Å². The minimum Gasteiger partial charge on any atom is -0.550 e. The summed E-state index contributed by atoms with van der Waals surface area (Å²) in [6.07, 6.45) is -0.198. The van der Waals surface area contributed by atoms with Gasteiger partial charge in [-0.1, -0.05) is 53.0 Å². The smallest absolute Gasteiger partial charge is 0.188 e. The highest BCUT2D eigenvalue weighted by molar-refractivity contribution is 7.16. The fourth-order valence-electron chi connectivity index (χ4n) is 2.30. The van der Waals surface area contributed by atoms with E-state index in [4.69, 9.17) is 23.2 Å². The first-order chi connectivity index (χ1) is 11.9. The van der Waals surface area contributed by atoms with E-state index in [-0.39, 0.29) is 6.42 Å². The second-order valence-corrected chi connectivity index (χ2v) is 7.38. The molecule has 0 spiro atoms. The summed E-state index contributed by atoms with van der Waals surface area (Å²) in [7, 11) is 0. The van der Waals surface area contributed by atoms with E-state index in [1.54, 1.807) is 18.2 Å². The van der Waals surface area contributed by atoms with Gasteiger partial charge >= 0.3 is 0 Å². The number of carboxylic acid groups (broad SMARTS) is 1. The number of rotatable bonds is 5. The van der Waals surface area contributed by atoms with Crippen LogP contribution >= 0.6 is 34.5 Å². The zero-order valence-electron chi connectivity index (χ0n) is 13.2. The lowest BCUT2D eigenvalue weighted by atomic mass is 10.1. The van der Waals surface area contributed by atoms with E-state index in [0.29, 0.717) is 31.4 Å². The second kappa shape index (κ2) is 7.44. The molecule has 0 amide bonds. The van der Waals surface area contributed by atoms with Gasteiger partial charge in [-0.15, -0.1) is 11.3 Å². The first kappa shape index (κ1) is 17.7. The number of thiazole rings is 1. The van der Waals surface area contributed by atoms with Crippen LogP contribution in [0.2, 0.25) is 10.0 Å². The molecule has 0 aliphatic rings. The van der Waals surface area contributed by atoms with Crippen LogP contribution in [-0.2, 0) is 11.2 Å². The number of benzene rings is 2. The SMILES string of the molecule is Cc1ccc(-c2nc(Nc3ccc(Cl)cc3Cl)sc2CC(=O)[O-])cc1. The lowest BCUT2D eigenvalue weighted by Crippen LogP contribution is -2.24. The predicted molar refractivity (Wildman–Crippen MR) is 101 cm³/mol. The number of nitrogens with one attached hydrogen (secondary N) is 1. The predicted octanol–water partition coefficient (Wildman–Crippen LogP) is 4.46. The van der Waals surface area contributed by atoms with E-state index in [0.717, 1.165) is 11.1 Å². The molecule has 7 heteroatoms. The van der Waals surface area contributed by atoms with Gasteiger partial charge < -0.3 is 15.2 Å². The summed E-state index contributed by atoms with van der Waals surface area (Å²) in [6, 6.07) is 12.8. The van der Waals surface area contributed by atoms with E-state index in [1.165, 1.54) is 11.3 Å². The highest BCUT2D eigenvalue weighted by Gasteiger charge is 2.14. The van der Waals surface area contributed by atoms with Crippen molar-refractivity contribution in [1.29, 1.82) is 0 Å². The van der Waals surface area contributed by atoms with E-state index in [1.807, 2.05) is 31.2 Å². The molecule has 0 bridgehead atoms. The Morgan fingerprint density at radius 2 is 1.92 bits per heavy atom. The van der Waals surface area contributed by atoms with Crippen molar-refractivity contribution in [3.63, 3.8) is 0 Å². The average molecular weight is 392 g/mol. The minimum atomic E-state index is -1.15. The summed E-state index contributed by atoms with van der Waals surface area (Å²) in [5, 5.41) is 15.7. The van der Waals surface area contributed by atoms with Gasteiger partial charge in [0.2, 0.25) is 0 Å². The van der Waals surface area contributed by atoms with Crippen LogP contribution in [0.5, 0.6) is 0 Å². The van der Waals surface area contributed by atoms with Gasteiger partial charge in [-0.3, -0.25) is 0 Å². The van der Waals surface area contributed by atoms with Crippen molar-refractivity contribution in [2.45, 2.75) is 13.3 Å². The highest BCUT2D eigenvalue weighted by Crippen LogP contribution is 2.35. The Morgan fingerprint density at radius 3 is 2.56 bits per heavy atom. The number of carbonyl (C=O) groups is 1. The Labute approximate surface area is 159 Å². The van der Waals surface area contributed by atoms with Crippen LogP contribution in [0.1, 0.15) is 10.4 Å². The van der Waals surface area contributed by atoms with Crippen LogP contribution in [0.15, 0.2) is 42.5 Å². The second-order valence-electron chi connectivity index (χ2n) is 5.45. The van der Waals surface area contributed by atoms with Crippen LogP contribution in [0.4, 0.5) is 10.8 Å². The lowest BCUT2D eigenvalue weighted by molar-refractivity contribution is -0.304. The van der Waals surface area contributed by atoms with E-state index >= 15 is 0 Å². The molecule has 1 heterocycles. The quantitative estimate of drug-likeness (QED) is 0.696. The monoisotopic (exact) mass is 391 g/mol. The average Bonchev–Trinajstić information content (AvgIpc) is 2.92. The number of hydrogen-bond acceptors (Lipinski definition) is 5. The Balaban J connectivity index is 1.97. The van der Waals surface area contributed by atoms with Crippen molar-refractivity contribution in [2.24, 2.45) is 0 Å². The number of carbonyl (C=O) groups excluding carboxylic acids is 1. The number of halogens is 2. The third-order valence-electron chi connectivity index (χ3n) is 3.50. The molecule has 3 aromatic rings. The van der Waals surface area contributed by atoms with Gasteiger partial charge in [0.1, 0.15) is 0 Å². The van der Waals surface area contributed by atoms with Crippen molar-refractivity contribution in [3.05, 3.63) is 63.0 Å². The summed E-state index contributed by atoms with van der Waals surface area (Å²) in [5.41, 5.74) is 3.25. The number of hydrogen-bond donors (Lipinski definition) is 1. The van der Waals surface area contributed by atoms with Gasteiger partial charge in [-0.25, -0.2) is 4.98 Å². The topological polar surface area (TPSA) is 65.0 Å². The van der Waals surface area contributed by atoms with Crippen LogP contribution < -0.4 is 10.4 Å². The molecule has 0 saturated heterocycles. The molecule has 0 aliphatic heterocycles. The molecule has 0 radical (unpaired) electrons. The first-order valence-electron chi connectivity index (χ1n) is 7.41. The Hall–Kier alpha value is -2.08. The fraction of sp³-hybridized carbons (Fsp3) is 0.111. The summed E-state index contributed by atoms with van der Waals surface area (Å²) >= 11 is 13.3. The van der Waals surface area contributed by atoms with Gasteiger partial charge in [0.25, 0.3) is 0 Å². The maximum atomic E-state index is 11.1. The zero-order chi connectivity index (χ0) is 18.0. The van der Waals surface area contributed by atoms with Crippen LogP contribution in [0.25, 0.3) is 11.3 Å². The molecule has 3 rings (SSSR count). The van der Waals surface area contributed by atoms with Gasteiger partial charge in [-0.05, 0) is 25.1 Å². The molecule has 4 nitrogen and oxygen atoms in total. The molecule has 0 saturated carbocycles. The van der Waals surface area contributed by atoms with Gasteiger partial charge in [0.15, 0.2) is 5.13 Å². The van der Waals surface area contributed by atoms with E-state index < -0.39 is 5.97 Å². The summed E-state index contributed by atoms with van der Waals surface area (Å²) < 4.78 is 0. The Morgan fingerprint density at radius 1 is 1.20 bits per heavy atom. The minimum absolute atomic E-state index is 0.198. The number of anilines is 2. The van der Waals surface area contributed by atoms with Crippen molar-refractivity contribution in [3.8, 4) is 11.3 Å². The molecule has 0 unspecified atom stereocenters.